The second-order valence-corrected chi connectivity index (χ2v) is 3.59. The minimum atomic E-state index is -0.670. The Bertz CT molecular complexity index is 167. The Labute approximate surface area is 85.4 Å². The zero-order chi connectivity index (χ0) is 11.0. The Balaban J connectivity index is 0.000000791. The first kappa shape index (κ1) is 13.3. The van der Waals surface area contributed by atoms with E-state index in [1.54, 1.807) is 0 Å². The quantitative estimate of drug-likeness (QED) is 0.678. The number of Topliss-reactive ketones (excluding diaryl/α,β-unsaturated/α-hetero) is 1. The molecule has 1 rings (SSSR count). The van der Waals surface area contributed by atoms with Gasteiger partial charge >= 0.3 is 0 Å². The van der Waals surface area contributed by atoms with Crippen LogP contribution in [0.25, 0.3) is 0 Å². The monoisotopic (exact) mass is 200 g/mol. The summed E-state index contributed by atoms with van der Waals surface area (Å²) in [6, 6.07) is 0. The number of hydrogen-bond acceptors (Lipinski definition) is 3. The van der Waals surface area contributed by atoms with Crippen molar-refractivity contribution in [2.75, 3.05) is 6.61 Å². The Morgan fingerprint density at radius 1 is 1.29 bits per heavy atom. The van der Waals surface area contributed by atoms with Gasteiger partial charge < -0.3 is 10.2 Å². The number of carbonyl (C=O) groups is 1. The maximum atomic E-state index is 10.9. The minimum Gasteiger partial charge on any atom is -0.396 e. The predicted octanol–water partition coefficient (Wildman–Crippen LogP) is 1.44. The van der Waals surface area contributed by atoms with Crippen molar-refractivity contribution in [1.29, 1.82) is 0 Å². The molecule has 0 aromatic carbocycles. The van der Waals surface area contributed by atoms with Crippen LogP contribution in [0.1, 0.15) is 38.5 Å². The summed E-state index contributed by atoms with van der Waals surface area (Å²) < 4.78 is 0. The van der Waals surface area contributed by atoms with Crippen LogP contribution >= 0.6 is 0 Å². The smallest absolute Gasteiger partial charge is 0.133 e. The molecule has 14 heavy (non-hydrogen) atoms. The molecule has 0 atom stereocenters. The summed E-state index contributed by atoms with van der Waals surface area (Å²) >= 11 is 0. The van der Waals surface area contributed by atoms with Crippen molar-refractivity contribution in [3.63, 3.8) is 0 Å². The van der Waals surface area contributed by atoms with Gasteiger partial charge in [0.2, 0.25) is 0 Å². The minimum absolute atomic E-state index is 0.121. The van der Waals surface area contributed by atoms with Gasteiger partial charge in [0, 0.05) is 19.4 Å². The van der Waals surface area contributed by atoms with Crippen molar-refractivity contribution in [3.05, 3.63) is 13.2 Å². The highest BCUT2D eigenvalue weighted by molar-refractivity contribution is 5.79. The lowest BCUT2D eigenvalue weighted by Gasteiger charge is -2.31. The average Bonchev–Trinajstić information content (AvgIpc) is 2.23. The van der Waals surface area contributed by atoms with Crippen LogP contribution in [-0.2, 0) is 4.79 Å². The van der Waals surface area contributed by atoms with Crippen molar-refractivity contribution in [3.8, 4) is 0 Å². The van der Waals surface area contributed by atoms with Crippen LogP contribution in [-0.4, -0.2) is 28.2 Å². The Morgan fingerprint density at radius 2 is 1.79 bits per heavy atom. The Hall–Kier alpha value is -0.670. The largest absolute Gasteiger partial charge is 0.396 e. The molecule has 0 spiro atoms. The van der Waals surface area contributed by atoms with Crippen molar-refractivity contribution in [2.24, 2.45) is 0 Å². The van der Waals surface area contributed by atoms with Crippen molar-refractivity contribution < 1.29 is 15.0 Å². The molecule has 1 fully saturated rings. The first-order valence-electron chi connectivity index (χ1n) is 5.01. The lowest BCUT2D eigenvalue weighted by molar-refractivity contribution is -0.125. The number of aliphatic hydroxyl groups is 2. The SMILES string of the molecule is C=C.O=C1CCC(O)(CCCO)CC1. The lowest BCUT2D eigenvalue weighted by Crippen LogP contribution is -2.34. The standard InChI is InChI=1S/C9H16O3.C2H4/c10-7-1-4-9(12)5-2-8(11)3-6-9;1-2/h10,12H,1-7H2;1-2H2. The molecule has 3 nitrogen and oxygen atoms in total. The molecule has 0 aromatic heterocycles. The van der Waals surface area contributed by atoms with Crippen LogP contribution in [0, 0.1) is 0 Å². The highest BCUT2D eigenvalue weighted by Crippen LogP contribution is 2.29. The van der Waals surface area contributed by atoms with E-state index in [1.165, 1.54) is 0 Å². The van der Waals surface area contributed by atoms with E-state index < -0.39 is 5.60 Å². The molecule has 1 aliphatic rings. The molecule has 0 heterocycles. The van der Waals surface area contributed by atoms with Crippen LogP contribution in [0.3, 0.4) is 0 Å². The van der Waals surface area contributed by atoms with E-state index in [-0.39, 0.29) is 12.4 Å². The molecule has 2 N–H and O–H groups in total. The third-order valence-electron chi connectivity index (χ3n) is 2.54. The number of ketones is 1. The second kappa shape index (κ2) is 6.74. The summed E-state index contributed by atoms with van der Waals surface area (Å²) in [4.78, 5) is 10.9. The predicted molar refractivity (Wildman–Crippen MR) is 56.0 cm³/mol. The van der Waals surface area contributed by atoms with E-state index in [0.29, 0.717) is 38.5 Å². The summed E-state index contributed by atoms with van der Waals surface area (Å²) in [5.74, 6) is 0.253. The van der Waals surface area contributed by atoms with Crippen LogP contribution in [0.4, 0.5) is 0 Å². The van der Waals surface area contributed by atoms with Gasteiger partial charge in [0.25, 0.3) is 0 Å². The molecule has 0 bridgehead atoms. The van der Waals surface area contributed by atoms with Crippen LogP contribution in [0.15, 0.2) is 13.2 Å². The summed E-state index contributed by atoms with van der Waals surface area (Å²) in [5.41, 5.74) is -0.670. The average molecular weight is 200 g/mol. The van der Waals surface area contributed by atoms with Crippen molar-refractivity contribution in [2.45, 2.75) is 44.1 Å². The van der Waals surface area contributed by atoms with E-state index >= 15 is 0 Å². The van der Waals surface area contributed by atoms with Gasteiger partial charge in [-0.2, -0.15) is 0 Å². The fourth-order valence-corrected chi connectivity index (χ4v) is 1.65. The first-order chi connectivity index (χ1) is 6.66. The van der Waals surface area contributed by atoms with Crippen LogP contribution in [0.5, 0.6) is 0 Å². The van der Waals surface area contributed by atoms with Gasteiger partial charge in [0.05, 0.1) is 5.60 Å². The topological polar surface area (TPSA) is 57.5 Å². The maximum Gasteiger partial charge on any atom is 0.133 e. The molecule has 0 aromatic rings. The molecule has 1 saturated carbocycles. The summed E-state index contributed by atoms with van der Waals surface area (Å²) in [6.45, 7) is 6.12. The Morgan fingerprint density at radius 3 is 2.21 bits per heavy atom. The van der Waals surface area contributed by atoms with E-state index in [1.807, 2.05) is 0 Å². The molecule has 82 valence electrons. The number of aliphatic hydroxyl groups excluding tert-OH is 1. The molecule has 0 radical (unpaired) electrons. The number of hydrogen-bond donors (Lipinski definition) is 2. The molecule has 3 heteroatoms. The summed E-state index contributed by atoms with van der Waals surface area (Å²) in [7, 11) is 0. The van der Waals surface area contributed by atoms with E-state index in [4.69, 9.17) is 5.11 Å². The molecular weight excluding hydrogens is 180 g/mol. The normalized spacial score (nSPS) is 19.7. The summed E-state index contributed by atoms with van der Waals surface area (Å²) in [5, 5.41) is 18.4. The molecular formula is C11H20O3. The van der Waals surface area contributed by atoms with Gasteiger partial charge in [0.1, 0.15) is 5.78 Å². The molecule has 0 unspecified atom stereocenters. The fraction of sp³-hybridized carbons (Fsp3) is 0.727. The summed E-state index contributed by atoms with van der Waals surface area (Å²) in [6.07, 6.45) is 3.41. The zero-order valence-electron chi connectivity index (χ0n) is 8.67. The van der Waals surface area contributed by atoms with Crippen molar-refractivity contribution in [1.82, 2.24) is 0 Å². The second-order valence-electron chi connectivity index (χ2n) is 3.59. The lowest BCUT2D eigenvalue weighted by atomic mass is 9.81. The van der Waals surface area contributed by atoms with E-state index in [0.717, 1.165) is 0 Å². The van der Waals surface area contributed by atoms with Gasteiger partial charge in [-0.3, -0.25) is 4.79 Å². The highest BCUT2D eigenvalue weighted by atomic mass is 16.3. The number of carbonyl (C=O) groups excluding carboxylic acids is 1. The maximum absolute atomic E-state index is 10.9. The van der Waals surface area contributed by atoms with Crippen LogP contribution in [0.2, 0.25) is 0 Å². The zero-order valence-corrected chi connectivity index (χ0v) is 8.67. The number of rotatable bonds is 3. The molecule has 0 amide bonds. The van der Waals surface area contributed by atoms with Crippen molar-refractivity contribution >= 4 is 5.78 Å². The molecule has 0 aliphatic heterocycles. The van der Waals surface area contributed by atoms with Gasteiger partial charge in [-0.15, -0.1) is 13.2 Å². The fourth-order valence-electron chi connectivity index (χ4n) is 1.65. The molecule has 1 aliphatic carbocycles. The van der Waals surface area contributed by atoms with Gasteiger partial charge in [-0.25, -0.2) is 0 Å². The van der Waals surface area contributed by atoms with Crippen LogP contribution < -0.4 is 0 Å². The Kier molecular flexibility index (Phi) is 6.41. The third-order valence-corrected chi connectivity index (χ3v) is 2.54. The van der Waals surface area contributed by atoms with E-state index in [9.17, 15) is 9.90 Å². The third kappa shape index (κ3) is 4.53. The van der Waals surface area contributed by atoms with Gasteiger partial charge in [-0.05, 0) is 25.7 Å². The first-order valence-corrected chi connectivity index (χ1v) is 5.01. The molecule has 0 saturated heterocycles. The van der Waals surface area contributed by atoms with E-state index in [2.05, 4.69) is 13.2 Å². The van der Waals surface area contributed by atoms with Gasteiger partial charge in [0.15, 0.2) is 0 Å². The van der Waals surface area contributed by atoms with Gasteiger partial charge in [-0.1, -0.05) is 0 Å². The highest BCUT2D eigenvalue weighted by Gasteiger charge is 2.31.